The zero-order valence-electron chi connectivity index (χ0n) is 21.9. The number of pyridine rings is 1. The highest BCUT2D eigenvalue weighted by Crippen LogP contribution is 2.36. The third-order valence-electron chi connectivity index (χ3n) is 7.04. The van der Waals surface area contributed by atoms with E-state index in [2.05, 4.69) is 55.2 Å². The minimum absolute atomic E-state index is 0.179. The van der Waals surface area contributed by atoms with Gasteiger partial charge in [0.15, 0.2) is 5.82 Å². The Hall–Kier alpha value is -3.89. The van der Waals surface area contributed by atoms with Gasteiger partial charge in [-0.3, -0.25) is 5.32 Å². The molecule has 0 radical (unpaired) electrons. The van der Waals surface area contributed by atoms with E-state index in [-0.39, 0.29) is 17.0 Å². The van der Waals surface area contributed by atoms with Gasteiger partial charge < -0.3 is 24.9 Å². The van der Waals surface area contributed by atoms with Gasteiger partial charge in [-0.25, -0.2) is 9.78 Å². The van der Waals surface area contributed by atoms with E-state index in [9.17, 15) is 4.79 Å². The average Bonchev–Trinajstić information content (AvgIpc) is 3.16. The van der Waals surface area contributed by atoms with Crippen LogP contribution in [0, 0.1) is 0 Å². The second-order valence-corrected chi connectivity index (χ2v) is 11.9. The van der Waals surface area contributed by atoms with Gasteiger partial charge >= 0.3 is 6.03 Å². The Labute approximate surface area is 224 Å². The smallest absolute Gasteiger partial charge is 0.324 e. The van der Waals surface area contributed by atoms with Gasteiger partial charge in [-0.15, -0.1) is 0 Å². The van der Waals surface area contributed by atoms with Gasteiger partial charge in [0.05, 0.1) is 5.52 Å². The van der Waals surface area contributed by atoms with Crippen LogP contribution in [0.1, 0.15) is 39.4 Å². The first-order chi connectivity index (χ1) is 18.2. The van der Waals surface area contributed by atoms with Crippen LogP contribution in [-0.4, -0.2) is 39.7 Å². The molecule has 0 bridgehead atoms. The van der Waals surface area contributed by atoms with Crippen LogP contribution in [0.5, 0.6) is 0 Å². The number of nitrogens with zero attached hydrogens (tertiary/aromatic N) is 3. The zero-order valence-corrected chi connectivity index (χ0v) is 22.7. The van der Waals surface area contributed by atoms with E-state index >= 15 is 0 Å². The van der Waals surface area contributed by atoms with Gasteiger partial charge in [0, 0.05) is 41.0 Å². The fourth-order valence-corrected chi connectivity index (χ4v) is 5.44. The van der Waals surface area contributed by atoms with Crippen LogP contribution in [0.4, 0.5) is 22.1 Å². The molecule has 5 aromatic rings. The number of benzene rings is 1. The lowest BCUT2D eigenvalue weighted by Gasteiger charge is -2.15. The average molecular weight is 530 g/mol. The summed E-state index contributed by atoms with van der Waals surface area (Å²) in [6, 6.07) is 15.5. The predicted octanol–water partition coefficient (Wildman–Crippen LogP) is 6.31. The number of aromatic nitrogens is 3. The molecule has 1 aliphatic rings. The predicted molar refractivity (Wildman–Crippen MR) is 153 cm³/mol. The van der Waals surface area contributed by atoms with Crippen molar-refractivity contribution >= 4 is 49.9 Å². The molecular formula is C28H31N7O2S. The van der Waals surface area contributed by atoms with Crippen LogP contribution < -0.4 is 21.3 Å². The molecule has 0 spiro atoms. The first-order valence-electron chi connectivity index (χ1n) is 12.7. The number of carbonyl (C=O) groups excluding carboxylic acids is 1. The summed E-state index contributed by atoms with van der Waals surface area (Å²) >= 11 is 1.68. The van der Waals surface area contributed by atoms with Crippen molar-refractivity contribution in [3.63, 3.8) is 0 Å². The molecule has 38 heavy (non-hydrogen) atoms. The Morgan fingerprint density at radius 3 is 2.53 bits per heavy atom. The van der Waals surface area contributed by atoms with Gasteiger partial charge in [0.25, 0.3) is 0 Å². The first kappa shape index (κ1) is 24.4. The molecule has 4 N–H and O–H groups in total. The molecule has 4 aromatic heterocycles. The third-order valence-corrected chi connectivity index (χ3v) is 8.06. The van der Waals surface area contributed by atoms with Gasteiger partial charge in [0.1, 0.15) is 21.2 Å². The molecule has 0 atom stereocenters. The Balaban J connectivity index is 1.12. The summed E-state index contributed by atoms with van der Waals surface area (Å²) in [6.07, 6.45) is 4.54. The topological polar surface area (TPSA) is 109 Å². The van der Waals surface area contributed by atoms with Crippen LogP contribution in [0.25, 0.3) is 26.3 Å². The van der Waals surface area contributed by atoms with Crippen molar-refractivity contribution < 1.29 is 9.32 Å². The second kappa shape index (κ2) is 9.14. The van der Waals surface area contributed by atoms with Gasteiger partial charge in [-0.1, -0.05) is 49.4 Å². The Morgan fingerprint density at radius 2 is 1.84 bits per heavy atom. The highest BCUT2D eigenvalue weighted by atomic mass is 32.1. The number of urea groups is 1. The molecule has 0 aliphatic heterocycles. The molecule has 9 nitrogen and oxygen atoms in total. The fraction of sp³-hybridized carbons (Fsp3) is 0.321. The minimum atomic E-state index is -0.373. The van der Waals surface area contributed by atoms with Crippen LogP contribution in [0.2, 0.25) is 0 Å². The Bertz CT molecular complexity index is 1620. The molecule has 2 amide bonds. The summed E-state index contributed by atoms with van der Waals surface area (Å²) in [4.78, 5) is 19.4. The zero-order chi connectivity index (χ0) is 26.5. The second-order valence-electron chi connectivity index (χ2n) is 10.9. The molecule has 6 rings (SSSR count). The Morgan fingerprint density at radius 1 is 1.05 bits per heavy atom. The highest BCUT2D eigenvalue weighted by molar-refractivity contribution is 7.23. The SMILES string of the molecule is CNC1(CNc2ccc3c(n2)sc2cc(-c4ccc(NC(=O)Nc5cc(C(C)(C)C)on5)cc4)cn23)CC1. The van der Waals surface area contributed by atoms with Crippen molar-refractivity contribution in [1.29, 1.82) is 0 Å². The van der Waals surface area contributed by atoms with Crippen molar-refractivity contribution in [1.82, 2.24) is 19.9 Å². The number of rotatable bonds is 7. The van der Waals surface area contributed by atoms with Crippen LogP contribution >= 0.6 is 11.3 Å². The quantitative estimate of drug-likeness (QED) is 0.197. The maximum Gasteiger partial charge on any atom is 0.324 e. The van der Waals surface area contributed by atoms with E-state index in [1.54, 1.807) is 17.4 Å². The number of amides is 2. The summed E-state index contributed by atoms with van der Waals surface area (Å²) in [5, 5.41) is 16.4. The molecule has 1 fully saturated rings. The van der Waals surface area contributed by atoms with Crippen molar-refractivity contribution in [3.05, 3.63) is 60.5 Å². The van der Waals surface area contributed by atoms with E-state index in [0.717, 1.165) is 38.7 Å². The lowest BCUT2D eigenvalue weighted by molar-refractivity contribution is 0.262. The van der Waals surface area contributed by atoms with Gasteiger partial charge in [-0.2, -0.15) is 0 Å². The lowest BCUT2D eigenvalue weighted by Crippen LogP contribution is -2.35. The number of nitrogens with one attached hydrogen (secondary N) is 4. The van der Waals surface area contributed by atoms with E-state index in [1.807, 2.05) is 52.1 Å². The van der Waals surface area contributed by atoms with Crippen LogP contribution in [0.3, 0.4) is 0 Å². The number of thiazole rings is 1. The molecule has 1 saturated carbocycles. The van der Waals surface area contributed by atoms with Crippen LogP contribution in [-0.2, 0) is 5.41 Å². The number of anilines is 3. The van der Waals surface area contributed by atoms with Gasteiger partial charge in [0.2, 0.25) is 0 Å². The summed E-state index contributed by atoms with van der Waals surface area (Å²) in [5.41, 5.74) is 4.01. The summed E-state index contributed by atoms with van der Waals surface area (Å²) in [6.45, 7) is 6.96. The molecular weight excluding hydrogens is 498 g/mol. The maximum atomic E-state index is 12.4. The molecule has 1 aliphatic carbocycles. The standard InChI is InChI=1S/C28H31N7O2S/c1-27(2,3)21-14-23(34-37-21)33-26(36)31-19-7-5-17(6-8-19)18-13-24-35(15-18)20-9-10-22(32-25(20)38-24)30-16-28(29-4)11-12-28/h5-10,13-15,29H,11-12,16H2,1-4H3,(H,30,32)(H2,31,33,34,36). The Kier molecular flexibility index (Phi) is 5.88. The molecule has 196 valence electrons. The van der Waals surface area contributed by atoms with Crippen molar-refractivity contribution in [2.24, 2.45) is 0 Å². The van der Waals surface area contributed by atoms with E-state index < -0.39 is 0 Å². The minimum Gasteiger partial charge on any atom is -0.368 e. The summed E-state index contributed by atoms with van der Waals surface area (Å²) < 4.78 is 7.51. The lowest BCUT2D eigenvalue weighted by atomic mass is 9.93. The molecule has 0 saturated heterocycles. The fourth-order valence-electron chi connectivity index (χ4n) is 4.39. The highest BCUT2D eigenvalue weighted by Gasteiger charge is 2.40. The van der Waals surface area contributed by atoms with E-state index in [0.29, 0.717) is 17.3 Å². The molecule has 1 aromatic carbocycles. The van der Waals surface area contributed by atoms with Crippen molar-refractivity contribution in [2.75, 3.05) is 29.5 Å². The van der Waals surface area contributed by atoms with E-state index in [4.69, 9.17) is 9.51 Å². The summed E-state index contributed by atoms with van der Waals surface area (Å²) in [5.74, 6) is 2.00. The van der Waals surface area contributed by atoms with E-state index in [1.165, 1.54) is 12.8 Å². The van der Waals surface area contributed by atoms with Crippen LogP contribution in [0.15, 0.2) is 59.3 Å². The number of fused-ring (bicyclic) bond motifs is 3. The monoisotopic (exact) mass is 529 g/mol. The molecule has 0 unspecified atom stereocenters. The first-order valence-corrected chi connectivity index (χ1v) is 13.5. The number of hydrogen-bond acceptors (Lipinski definition) is 7. The normalized spacial score (nSPS) is 14.6. The summed E-state index contributed by atoms with van der Waals surface area (Å²) in [7, 11) is 2.02. The molecule has 10 heteroatoms. The van der Waals surface area contributed by atoms with Gasteiger partial charge in [-0.05, 0) is 55.8 Å². The number of likely N-dealkylation sites (N-methyl/N-ethyl adjacent to an activating group) is 1. The third kappa shape index (κ3) is 4.84. The van der Waals surface area contributed by atoms with Crippen molar-refractivity contribution in [2.45, 2.75) is 44.6 Å². The molecule has 4 heterocycles. The van der Waals surface area contributed by atoms with Crippen molar-refractivity contribution in [3.8, 4) is 11.1 Å². The maximum absolute atomic E-state index is 12.4. The number of carbonyl (C=O) groups is 1. The number of hydrogen-bond donors (Lipinski definition) is 4. The largest absolute Gasteiger partial charge is 0.368 e.